The molecule has 4 nitrogen and oxygen atoms in total. The average Bonchev–Trinajstić information content (AvgIpc) is 2.35. The zero-order chi connectivity index (χ0) is 14.4. The number of amides is 1. The number of aryl methyl sites for hydroxylation is 1. The lowest BCUT2D eigenvalue weighted by Gasteiger charge is -2.16. The Bertz CT molecular complexity index is 437. The summed E-state index contributed by atoms with van der Waals surface area (Å²) in [5, 5.41) is 11.8. The zero-order valence-electron chi connectivity index (χ0n) is 11.6. The number of nitrogens with one attached hydrogen (secondary N) is 1. The minimum atomic E-state index is -1.04. The third-order valence-corrected chi connectivity index (χ3v) is 2.87. The summed E-state index contributed by atoms with van der Waals surface area (Å²) in [4.78, 5) is 23.0. The van der Waals surface area contributed by atoms with Crippen molar-refractivity contribution in [3.8, 4) is 0 Å². The number of benzene rings is 1. The van der Waals surface area contributed by atoms with Gasteiger partial charge in [-0.05, 0) is 23.5 Å². The quantitative estimate of drug-likeness (QED) is 0.828. The predicted octanol–water partition coefficient (Wildman–Crippen LogP) is 2.54. The van der Waals surface area contributed by atoms with Crippen molar-refractivity contribution in [3.63, 3.8) is 0 Å². The highest BCUT2D eigenvalue weighted by Crippen LogP contribution is 2.15. The van der Waals surface area contributed by atoms with Gasteiger partial charge in [0.25, 0.3) is 0 Å². The van der Waals surface area contributed by atoms with Gasteiger partial charge in [0.1, 0.15) is 0 Å². The van der Waals surface area contributed by atoms with Gasteiger partial charge in [-0.1, -0.05) is 45.0 Å². The molecule has 0 aromatic heterocycles. The minimum absolute atomic E-state index is 0.205. The first kappa shape index (κ1) is 15.2. The molecule has 4 heteroatoms. The van der Waals surface area contributed by atoms with E-state index in [9.17, 15) is 14.7 Å². The fourth-order valence-electron chi connectivity index (χ4n) is 1.82. The molecule has 0 bridgehead atoms. The van der Waals surface area contributed by atoms with Crippen LogP contribution in [0.25, 0.3) is 0 Å². The Morgan fingerprint density at radius 2 is 1.79 bits per heavy atom. The lowest BCUT2D eigenvalue weighted by Crippen LogP contribution is -2.34. The van der Waals surface area contributed by atoms with Crippen LogP contribution >= 0.6 is 0 Å². The highest BCUT2D eigenvalue weighted by Gasteiger charge is 2.22. The average molecular weight is 263 g/mol. The van der Waals surface area contributed by atoms with Gasteiger partial charge in [-0.25, -0.2) is 4.79 Å². The van der Waals surface area contributed by atoms with Crippen molar-refractivity contribution in [2.24, 2.45) is 5.92 Å². The molecule has 1 aromatic carbocycles. The molecule has 104 valence electrons. The van der Waals surface area contributed by atoms with Gasteiger partial charge in [0.15, 0.2) is 6.04 Å². The monoisotopic (exact) mass is 263 g/mol. The highest BCUT2D eigenvalue weighted by molar-refractivity contribution is 5.84. The van der Waals surface area contributed by atoms with Gasteiger partial charge in [0.2, 0.25) is 5.91 Å². The van der Waals surface area contributed by atoms with Crippen molar-refractivity contribution in [2.75, 3.05) is 0 Å². The predicted molar refractivity (Wildman–Crippen MR) is 73.8 cm³/mol. The number of carbonyl (C=O) groups is 2. The lowest BCUT2D eigenvalue weighted by atomic mass is 10.0. The number of carbonyl (C=O) groups excluding carboxylic acids is 1. The molecule has 1 unspecified atom stereocenters. The maximum Gasteiger partial charge on any atom is 0.330 e. The van der Waals surface area contributed by atoms with E-state index < -0.39 is 12.0 Å². The summed E-state index contributed by atoms with van der Waals surface area (Å²) < 4.78 is 0. The van der Waals surface area contributed by atoms with E-state index in [4.69, 9.17) is 0 Å². The first-order valence-electron chi connectivity index (χ1n) is 6.55. The lowest BCUT2D eigenvalue weighted by molar-refractivity contribution is -0.142. The van der Waals surface area contributed by atoms with E-state index in [2.05, 4.69) is 5.32 Å². The number of carboxylic acids is 1. The van der Waals surface area contributed by atoms with E-state index in [1.807, 2.05) is 32.9 Å². The SMILES string of the molecule is CCc1ccc(C(NC(=O)CC(C)C)C(=O)O)cc1. The summed E-state index contributed by atoms with van der Waals surface area (Å²) in [6.45, 7) is 5.88. The van der Waals surface area contributed by atoms with E-state index in [0.29, 0.717) is 12.0 Å². The number of hydrogen-bond acceptors (Lipinski definition) is 2. The maximum atomic E-state index is 11.7. The van der Waals surface area contributed by atoms with E-state index in [0.717, 1.165) is 12.0 Å². The van der Waals surface area contributed by atoms with Gasteiger partial charge in [-0.2, -0.15) is 0 Å². The molecule has 1 aromatic rings. The van der Waals surface area contributed by atoms with Crippen molar-refractivity contribution in [1.82, 2.24) is 5.32 Å². The second-order valence-corrected chi connectivity index (χ2v) is 5.03. The third-order valence-electron chi connectivity index (χ3n) is 2.87. The van der Waals surface area contributed by atoms with Crippen LogP contribution in [0.5, 0.6) is 0 Å². The van der Waals surface area contributed by atoms with Crippen LogP contribution in [0.4, 0.5) is 0 Å². The molecular weight excluding hydrogens is 242 g/mol. The Hall–Kier alpha value is -1.84. The molecule has 0 aliphatic heterocycles. The Morgan fingerprint density at radius 1 is 1.21 bits per heavy atom. The smallest absolute Gasteiger partial charge is 0.330 e. The summed E-state index contributed by atoms with van der Waals surface area (Å²) in [7, 11) is 0. The third kappa shape index (κ3) is 4.73. The molecule has 0 radical (unpaired) electrons. The van der Waals surface area contributed by atoms with Gasteiger partial charge in [-0.15, -0.1) is 0 Å². The molecule has 1 amide bonds. The standard InChI is InChI=1S/C15H21NO3/c1-4-11-5-7-12(8-6-11)14(15(18)19)16-13(17)9-10(2)3/h5-8,10,14H,4,9H2,1-3H3,(H,16,17)(H,18,19). The molecule has 19 heavy (non-hydrogen) atoms. The first-order chi connectivity index (χ1) is 8.93. The van der Waals surface area contributed by atoms with Crippen molar-refractivity contribution < 1.29 is 14.7 Å². The highest BCUT2D eigenvalue weighted by atomic mass is 16.4. The van der Waals surface area contributed by atoms with Crippen LogP contribution in [-0.4, -0.2) is 17.0 Å². The second kappa shape index (κ2) is 6.92. The topological polar surface area (TPSA) is 66.4 Å². The fourth-order valence-corrected chi connectivity index (χ4v) is 1.82. The van der Waals surface area contributed by atoms with Crippen LogP contribution in [0.3, 0.4) is 0 Å². The Morgan fingerprint density at radius 3 is 2.21 bits per heavy atom. The maximum absolute atomic E-state index is 11.7. The molecule has 2 N–H and O–H groups in total. The van der Waals surface area contributed by atoms with Crippen molar-refractivity contribution in [3.05, 3.63) is 35.4 Å². The molecule has 0 saturated heterocycles. The summed E-state index contributed by atoms with van der Waals surface area (Å²) in [6.07, 6.45) is 1.23. The van der Waals surface area contributed by atoms with E-state index >= 15 is 0 Å². The molecular formula is C15H21NO3. The number of carboxylic acid groups (broad SMARTS) is 1. The summed E-state index contributed by atoms with van der Waals surface area (Å²) in [5.74, 6) is -1.07. The Labute approximate surface area is 113 Å². The van der Waals surface area contributed by atoms with Crippen LogP contribution in [-0.2, 0) is 16.0 Å². The van der Waals surface area contributed by atoms with Gasteiger partial charge < -0.3 is 10.4 Å². The number of aliphatic carboxylic acids is 1. The van der Waals surface area contributed by atoms with E-state index in [1.165, 1.54) is 0 Å². The van der Waals surface area contributed by atoms with Crippen molar-refractivity contribution in [2.45, 2.75) is 39.7 Å². The number of rotatable bonds is 6. The minimum Gasteiger partial charge on any atom is -0.479 e. The van der Waals surface area contributed by atoms with Gasteiger partial charge >= 0.3 is 5.97 Å². The van der Waals surface area contributed by atoms with Gasteiger partial charge in [0, 0.05) is 6.42 Å². The summed E-state index contributed by atoms with van der Waals surface area (Å²) in [6, 6.07) is 6.32. The van der Waals surface area contributed by atoms with Crippen LogP contribution in [0.1, 0.15) is 44.4 Å². The van der Waals surface area contributed by atoms with Crippen LogP contribution in [0.2, 0.25) is 0 Å². The number of hydrogen-bond donors (Lipinski definition) is 2. The summed E-state index contributed by atoms with van der Waals surface area (Å²) >= 11 is 0. The van der Waals surface area contributed by atoms with Gasteiger partial charge in [0.05, 0.1) is 0 Å². The van der Waals surface area contributed by atoms with Gasteiger partial charge in [-0.3, -0.25) is 4.79 Å². The largest absolute Gasteiger partial charge is 0.479 e. The molecule has 0 fully saturated rings. The zero-order valence-corrected chi connectivity index (χ0v) is 11.6. The van der Waals surface area contributed by atoms with Crippen molar-refractivity contribution >= 4 is 11.9 Å². The second-order valence-electron chi connectivity index (χ2n) is 5.03. The molecule has 0 heterocycles. The van der Waals surface area contributed by atoms with Crippen LogP contribution < -0.4 is 5.32 Å². The molecule has 0 spiro atoms. The van der Waals surface area contributed by atoms with E-state index in [-0.39, 0.29) is 11.8 Å². The molecule has 0 saturated carbocycles. The van der Waals surface area contributed by atoms with Crippen molar-refractivity contribution in [1.29, 1.82) is 0 Å². The Balaban J connectivity index is 2.82. The molecule has 1 atom stereocenters. The summed E-state index contributed by atoms with van der Waals surface area (Å²) in [5.41, 5.74) is 1.74. The fraction of sp³-hybridized carbons (Fsp3) is 0.467. The van der Waals surface area contributed by atoms with Crippen LogP contribution in [0, 0.1) is 5.92 Å². The molecule has 0 aliphatic carbocycles. The van der Waals surface area contributed by atoms with Crippen LogP contribution in [0.15, 0.2) is 24.3 Å². The first-order valence-corrected chi connectivity index (χ1v) is 6.55. The molecule has 0 aliphatic rings. The van der Waals surface area contributed by atoms with E-state index in [1.54, 1.807) is 12.1 Å². The molecule has 1 rings (SSSR count). The normalized spacial score (nSPS) is 12.2. The Kier molecular flexibility index (Phi) is 5.55.